The monoisotopic (exact) mass is 286 g/mol. The van der Waals surface area contributed by atoms with Crippen LogP contribution in [0.4, 0.5) is 0 Å². The molecule has 20 heavy (non-hydrogen) atoms. The quantitative estimate of drug-likeness (QED) is 0.682. The van der Waals surface area contributed by atoms with Crippen molar-refractivity contribution in [2.24, 2.45) is 16.6 Å². The van der Waals surface area contributed by atoms with Crippen LogP contribution in [0, 0.1) is 10.8 Å². The van der Waals surface area contributed by atoms with Crippen LogP contribution >= 0.6 is 0 Å². The number of hydrogen-bond donors (Lipinski definition) is 2. The Morgan fingerprint density at radius 2 is 2.00 bits per heavy atom. The molecule has 2 unspecified atom stereocenters. The molecule has 1 saturated carbocycles. The number of nitrogens with two attached hydrogens (primary N) is 1. The highest BCUT2D eigenvalue weighted by atomic mass is 16.5. The fourth-order valence-electron chi connectivity index (χ4n) is 2.90. The molecule has 0 spiro atoms. The Hall–Kier alpha value is -0.160. The number of ether oxygens (including phenoxy) is 2. The van der Waals surface area contributed by atoms with Crippen LogP contribution < -0.4 is 11.1 Å². The molecule has 4 heteroatoms. The number of nitrogens with one attached hydrogen (secondary N) is 1. The molecule has 0 aliphatic heterocycles. The molecule has 0 aromatic heterocycles. The Morgan fingerprint density at radius 3 is 2.50 bits per heavy atom. The average Bonchev–Trinajstić information content (AvgIpc) is 2.36. The zero-order chi connectivity index (χ0) is 15.4. The second kappa shape index (κ2) is 6.73. The summed E-state index contributed by atoms with van der Waals surface area (Å²) in [6.45, 7) is 14.4. The SMILES string of the molecule is CCOC1CC(N)(CNCC(C)(C)CCOC)C1(C)C. The molecule has 0 bridgehead atoms. The standard InChI is InChI=1S/C16H34N2O2/c1-7-20-13-10-16(17,15(13,4)5)12-18-11-14(2,3)8-9-19-6/h13,18H,7-12,17H2,1-6H3. The van der Waals surface area contributed by atoms with Gasteiger partial charge in [0.05, 0.1) is 6.10 Å². The Kier molecular flexibility index (Phi) is 6.02. The highest BCUT2D eigenvalue weighted by molar-refractivity contribution is 5.14. The van der Waals surface area contributed by atoms with Crippen molar-refractivity contribution in [1.82, 2.24) is 5.32 Å². The van der Waals surface area contributed by atoms with E-state index in [-0.39, 0.29) is 16.4 Å². The highest BCUT2D eigenvalue weighted by Gasteiger charge is 2.58. The molecule has 0 aromatic carbocycles. The predicted octanol–water partition coefficient (Wildman–Crippen LogP) is 2.17. The van der Waals surface area contributed by atoms with Gasteiger partial charge in [-0.15, -0.1) is 0 Å². The van der Waals surface area contributed by atoms with Gasteiger partial charge in [-0.1, -0.05) is 27.7 Å². The summed E-state index contributed by atoms with van der Waals surface area (Å²) < 4.78 is 10.9. The molecule has 1 rings (SSSR count). The molecule has 1 aliphatic carbocycles. The van der Waals surface area contributed by atoms with E-state index >= 15 is 0 Å². The summed E-state index contributed by atoms with van der Waals surface area (Å²) in [7, 11) is 1.75. The summed E-state index contributed by atoms with van der Waals surface area (Å²) in [5.41, 5.74) is 6.67. The Labute approximate surface area is 124 Å². The molecule has 1 fully saturated rings. The first-order chi connectivity index (χ1) is 9.18. The van der Waals surface area contributed by atoms with Crippen molar-refractivity contribution in [2.45, 2.75) is 59.1 Å². The lowest BCUT2D eigenvalue weighted by atomic mass is 9.54. The van der Waals surface area contributed by atoms with Gasteiger partial charge < -0.3 is 20.5 Å². The van der Waals surface area contributed by atoms with Gasteiger partial charge in [0.1, 0.15) is 0 Å². The minimum atomic E-state index is -0.163. The van der Waals surface area contributed by atoms with Crippen LogP contribution in [0.2, 0.25) is 0 Å². The maximum atomic E-state index is 6.56. The van der Waals surface area contributed by atoms with E-state index < -0.39 is 0 Å². The maximum Gasteiger partial charge on any atom is 0.0662 e. The number of methoxy groups -OCH3 is 1. The molecule has 0 heterocycles. The molecular formula is C16H34N2O2. The van der Waals surface area contributed by atoms with E-state index in [2.05, 4.69) is 33.0 Å². The van der Waals surface area contributed by atoms with Gasteiger partial charge in [0.2, 0.25) is 0 Å². The number of hydrogen-bond acceptors (Lipinski definition) is 4. The lowest BCUT2D eigenvalue weighted by molar-refractivity contribution is -0.148. The zero-order valence-electron chi connectivity index (χ0n) is 14.2. The van der Waals surface area contributed by atoms with Crippen LogP contribution in [-0.2, 0) is 9.47 Å². The third-order valence-corrected chi connectivity index (χ3v) is 5.03. The molecule has 0 aromatic rings. The summed E-state index contributed by atoms with van der Waals surface area (Å²) in [6, 6.07) is 0. The fourth-order valence-corrected chi connectivity index (χ4v) is 2.90. The van der Waals surface area contributed by atoms with E-state index in [4.69, 9.17) is 15.2 Å². The first kappa shape index (κ1) is 17.9. The Balaban J connectivity index is 2.39. The smallest absolute Gasteiger partial charge is 0.0662 e. The van der Waals surface area contributed by atoms with Gasteiger partial charge in [-0.25, -0.2) is 0 Å². The second-order valence-electron chi connectivity index (χ2n) is 7.54. The molecular weight excluding hydrogens is 252 g/mol. The van der Waals surface area contributed by atoms with E-state index in [0.29, 0.717) is 6.10 Å². The van der Waals surface area contributed by atoms with Crippen molar-refractivity contribution in [3.8, 4) is 0 Å². The van der Waals surface area contributed by atoms with Crippen LogP contribution in [0.15, 0.2) is 0 Å². The Morgan fingerprint density at radius 1 is 1.35 bits per heavy atom. The van der Waals surface area contributed by atoms with Crippen molar-refractivity contribution in [1.29, 1.82) is 0 Å². The summed E-state index contributed by atoms with van der Waals surface area (Å²) in [4.78, 5) is 0. The average molecular weight is 286 g/mol. The zero-order valence-corrected chi connectivity index (χ0v) is 14.2. The van der Waals surface area contributed by atoms with Crippen LogP contribution in [0.5, 0.6) is 0 Å². The summed E-state index contributed by atoms with van der Waals surface area (Å²) in [5, 5.41) is 3.56. The van der Waals surface area contributed by atoms with Gasteiger partial charge in [-0.05, 0) is 25.2 Å². The summed E-state index contributed by atoms with van der Waals surface area (Å²) in [5.74, 6) is 0. The molecule has 120 valence electrons. The molecule has 0 radical (unpaired) electrons. The summed E-state index contributed by atoms with van der Waals surface area (Å²) >= 11 is 0. The van der Waals surface area contributed by atoms with Gasteiger partial charge in [0.25, 0.3) is 0 Å². The van der Waals surface area contributed by atoms with Crippen molar-refractivity contribution in [3.05, 3.63) is 0 Å². The summed E-state index contributed by atoms with van der Waals surface area (Å²) in [6.07, 6.45) is 2.29. The first-order valence-corrected chi connectivity index (χ1v) is 7.79. The fraction of sp³-hybridized carbons (Fsp3) is 1.00. The third kappa shape index (κ3) is 3.94. The molecule has 4 nitrogen and oxygen atoms in total. The normalized spacial score (nSPS) is 29.2. The minimum absolute atomic E-state index is 0.0344. The highest BCUT2D eigenvalue weighted by Crippen LogP contribution is 2.49. The lowest BCUT2D eigenvalue weighted by Gasteiger charge is -2.59. The maximum absolute atomic E-state index is 6.56. The van der Waals surface area contributed by atoms with E-state index in [0.717, 1.165) is 39.1 Å². The molecule has 2 atom stereocenters. The predicted molar refractivity (Wildman–Crippen MR) is 83.9 cm³/mol. The number of rotatable bonds is 9. The van der Waals surface area contributed by atoms with Crippen molar-refractivity contribution in [2.75, 3.05) is 33.4 Å². The Bertz CT molecular complexity index is 305. The lowest BCUT2D eigenvalue weighted by Crippen LogP contribution is -2.73. The van der Waals surface area contributed by atoms with Gasteiger partial charge in [0, 0.05) is 44.4 Å². The van der Waals surface area contributed by atoms with E-state index in [1.165, 1.54) is 0 Å². The van der Waals surface area contributed by atoms with Crippen LogP contribution in [0.1, 0.15) is 47.5 Å². The van der Waals surface area contributed by atoms with Crippen molar-refractivity contribution >= 4 is 0 Å². The molecule has 0 saturated heterocycles. The van der Waals surface area contributed by atoms with E-state index in [1.807, 2.05) is 6.92 Å². The molecule has 3 N–H and O–H groups in total. The van der Waals surface area contributed by atoms with Gasteiger partial charge in [-0.2, -0.15) is 0 Å². The van der Waals surface area contributed by atoms with Gasteiger partial charge in [0.15, 0.2) is 0 Å². The molecule has 0 amide bonds. The van der Waals surface area contributed by atoms with Crippen molar-refractivity contribution in [3.63, 3.8) is 0 Å². The topological polar surface area (TPSA) is 56.5 Å². The van der Waals surface area contributed by atoms with E-state index in [1.54, 1.807) is 7.11 Å². The van der Waals surface area contributed by atoms with E-state index in [9.17, 15) is 0 Å². The van der Waals surface area contributed by atoms with Gasteiger partial charge >= 0.3 is 0 Å². The first-order valence-electron chi connectivity index (χ1n) is 7.79. The third-order valence-electron chi connectivity index (χ3n) is 5.03. The van der Waals surface area contributed by atoms with Crippen LogP contribution in [-0.4, -0.2) is 45.1 Å². The minimum Gasteiger partial charge on any atom is -0.385 e. The van der Waals surface area contributed by atoms with Gasteiger partial charge in [-0.3, -0.25) is 0 Å². The second-order valence-corrected chi connectivity index (χ2v) is 7.54. The van der Waals surface area contributed by atoms with Crippen LogP contribution in [0.3, 0.4) is 0 Å². The largest absolute Gasteiger partial charge is 0.385 e. The van der Waals surface area contributed by atoms with Crippen molar-refractivity contribution < 1.29 is 9.47 Å². The molecule has 1 aliphatic rings. The van der Waals surface area contributed by atoms with Crippen LogP contribution in [0.25, 0.3) is 0 Å².